The second-order valence-corrected chi connectivity index (χ2v) is 6.62. The fourth-order valence-electron chi connectivity index (χ4n) is 2.20. The zero-order valence-corrected chi connectivity index (χ0v) is 12.6. The Balaban J connectivity index is 1.59. The highest BCUT2D eigenvalue weighted by Gasteiger charge is 2.17. The van der Waals surface area contributed by atoms with Crippen LogP contribution >= 0.6 is 0 Å². The summed E-state index contributed by atoms with van der Waals surface area (Å²) in [4.78, 5) is 0. The van der Waals surface area contributed by atoms with Gasteiger partial charge in [0.05, 0.1) is 12.7 Å². The smallest absolute Gasteiger partial charge is 0.119 e. The lowest BCUT2D eigenvalue weighted by Gasteiger charge is -2.09. The zero-order chi connectivity index (χ0) is 14.2. The molecule has 2 unspecified atom stereocenters. The van der Waals surface area contributed by atoms with Crippen LogP contribution in [0.5, 0.6) is 5.75 Å². The van der Waals surface area contributed by atoms with Crippen LogP contribution in [0, 0.1) is 0 Å². The zero-order valence-electron chi connectivity index (χ0n) is 11.8. The summed E-state index contributed by atoms with van der Waals surface area (Å²) in [6, 6.07) is 7.77. The molecule has 0 amide bonds. The Labute approximate surface area is 123 Å². The molecule has 112 valence electrons. The van der Waals surface area contributed by atoms with Gasteiger partial charge in [0.25, 0.3) is 0 Å². The van der Waals surface area contributed by atoms with E-state index in [1.54, 1.807) is 0 Å². The first kappa shape index (κ1) is 15.5. The molecule has 4 nitrogen and oxygen atoms in total. The van der Waals surface area contributed by atoms with E-state index < -0.39 is 10.8 Å². The number of nitrogens with two attached hydrogens (primary N) is 1. The van der Waals surface area contributed by atoms with Gasteiger partial charge in [0.1, 0.15) is 5.75 Å². The van der Waals surface area contributed by atoms with E-state index in [4.69, 9.17) is 15.2 Å². The topological polar surface area (TPSA) is 61.5 Å². The minimum atomic E-state index is -0.794. The van der Waals surface area contributed by atoms with Crippen LogP contribution in [-0.4, -0.2) is 35.0 Å². The molecule has 0 spiro atoms. The van der Waals surface area contributed by atoms with Gasteiger partial charge in [-0.3, -0.25) is 4.21 Å². The molecule has 1 aromatic carbocycles. The summed E-state index contributed by atoms with van der Waals surface area (Å²) in [6.07, 6.45) is 3.16. The van der Waals surface area contributed by atoms with Gasteiger partial charge in [0.2, 0.25) is 0 Å². The van der Waals surface area contributed by atoms with E-state index in [0.717, 1.165) is 37.2 Å². The fraction of sp³-hybridized carbons (Fsp3) is 0.600. The summed E-state index contributed by atoms with van der Waals surface area (Å²) in [5.74, 6) is 2.19. The number of benzene rings is 1. The third-order valence-electron chi connectivity index (χ3n) is 3.34. The fourth-order valence-corrected chi connectivity index (χ4v) is 3.48. The van der Waals surface area contributed by atoms with Crippen LogP contribution in [0.1, 0.15) is 24.8 Å². The molecule has 2 rings (SSSR count). The SMILES string of the molecule is NCc1ccc(OCCCS(=O)CC2CCCO2)cc1. The van der Waals surface area contributed by atoms with Crippen LogP contribution in [-0.2, 0) is 22.1 Å². The monoisotopic (exact) mass is 297 g/mol. The van der Waals surface area contributed by atoms with Crippen molar-refractivity contribution in [2.24, 2.45) is 5.73 Å². The predicted molar refractivity (Wildman–Crippen MR) is 81.3 cm³/mol. The van der Waals surface area contributed by atoms with Crippen molar-refractivity contribution >= 4 is 10.8 Å². The van der Waals surface area contributed by atoms with Gasteiger partial charge in [-0.05, 0) is 37.0 Å². The quantitative estimate of drug-likeness (QED) is 0.744. The summed E-state index contributed by atoms with van der Waals surface area (Å²) in [5.41, 5.74) is 6.63. The first-order valence-corrected chi connectivity index (χ1v) is 8.65. The van der Waals surface area contributed by atoms with Gasteiger partial charge in [-0.25, -0.2) is 0 Å². The minimum absolute atomic E-state index is 0.209. The highest BCUT2D eigenvalue weighted by atomic mass is 32.2. The van der Waals surface area contributed by atoms with E-state index in [1.807, 2.05) is 24.3 Å². The summed E-state index contributed by atoms with van der Waals surface area (Å²) >= 11 is 0. The Kier molecular flexibility index (Phi) is 6.50. The predicted octanol–water partition coefficient (Wildman–Crippen LogP) is 1.84. The summed E-state index contributed by atoms with van der Waals surface area (Å²) in [7, 11) is -0.794. The van der Waals surface area contributed by atoms with Crippen molar-refractivity contribution < 1.29 is 13.7 Å². The lowest BCUT2D eigenvalue weighted by molar-refractivity contribution is 0.128. The number of ether oxygens (including phenoxy) is 2. The molecular formula is C15H23NO3S. The Hall–Kier alpha value is -0.910. The largest absolute Gasteiger partial charge is 0.494 e. The normalized spacial score (nSPS) is 19.9. The molecule has 0 saturated carbocycles. The molecule has 5 heteroatoms. The Morgan fingerprint density at radius 1 is 1.35 bits per heavy atom. The summed E-state index contributed by atoms with van der Waals surface area (Å²) in [6.45, 7) is 1.96. The number of hydrogen-bond acceptors (Lipinski definition) is 4. The molecule has 1 saturated heterocycles. The van der Waals surface area contributed by atoms with Gasteiger partial charge < -0.3 is 15.2 Å². The molecule has 1 aliphatic rings. The third kappa shape index (κ3) is 5.23. The van der Waals surface area contributed by atoms with Crippen molar-refractivity contribution in [1.82, 2.24) is 0 Å². The maximum Gasteiger partial charge on any atom is 0.119 e. The van der Waals surface area contributed by atoms with Crippen LogP contribution in [0.3, 0.4) is 0 Å². The van der Waals surface area contributed by atoms with Crippen molar-refractivity contribution in [3.05, 3.63) is 29.8 Å². The molecule has 0 aliphatic carbocycles. The molecule has 1 heterocycles. The van der Waals surface area contributed by atoms with Gasteiger partial charge >= 0.3 is 0 Å². The molecule has 1 aromatic rings. The van der Waals surface area contributed by atoms with Crippen molar-refractivity contribution in [2.75, 3.05) is 24.7 Å². The molecule has 0 bridgehead atoms. The lowest BCUT2D eigenvalue weighted by atomic mass is 10.2. The molecule has 0 radical (unpaired) electrons. The molecule has 1 fully saturated rings. The summed E-state index contributed by atoms with van der Waals surface area (Å²) < 4.78 is 23.0. The minimum Gasteiger partial charge on any atom is -0.494 e. The average Bonchev–Trinajstić information content (AvgIpc) is 2.97. The van der Waals surface area contributed by atoms with Crippen molar-refractivity contribution in [2.45, 2.75) is 31.9 Å². The van der Waals surface area contributed by atoms with Crippen molar-refractivity contribution in [3.8, 4) is 5.75 Å². The first-order chi connectivity index (χ1) is 9.78. The van der Waals surface area contributed by atoms with Gasteiger partial charge in [-0.2, -0.15) is 0 Å². The van der Waals surface area contributed by atoms with Gasteiger partial charge in [-0.15, -0.1) is 0 Å². The van der Waals surface area contributed by atoms with Crippen LogP contribution in [0.4, 0.5) is 0 Å². The maximum absolute atomic E-state index is 11.9. The maximum atomic E-state index is 11.9. The van der Waals surface area contributed by atoms with Crippen molar-refractivity contribution in [1.29, 1.82) is 0 Å². The third-order valence-corrected chi connectivity index (χ3v) is 4.83. The lowest BCUT2D eigenvalue weighted by Crippen LogP contribution is -2.18. The highest BCUT2D eigenvalue weighted by molar-refractivity contribution is 7.85. The molecule has 2 N–H and O–H groups in total. The van der Waals surface area contributed by atoms with E-state index in [-0.39, 0.29) is 6.10 Å². The number of hydrogen-bond donors (Lipinski definition) is 1. The van der Waals surface area contributed by atoms with E-state index >= 15 is 0 Å². The first-order valence-electron chi connectivity index (χ1n) is 7.16. The van der Waals surface area contributed by atoms with Crippen LogP contribution in [0.15, 0.2) is 24.3 Å². The highest BCUT2D eigenvalue weighted by Crippen LogP contribution is 2.14. The van der Waals surface area contributed by atoms with E-state index in [2.05, 4.69) is 0 Å². The second-order valence-electron chi connectivity index (χ2n) is 5.00. The molecule has 20 heavy (non-hydrogen) atoms. The van der Waals surface area contributed by atoms with Crippen LogP contribution in [0.2, 0.25) is 0 Å². The van der Waals surface area contributed by atoms with E-state index in [1.165, 1.54) is 0 Å². The van der Waals surface area contributed by atoms with E-state index in [0.29, 0.717) is 24.7 Å². The van der Waals surface area contributed by atoms with Gasteiger partial charge in [0.15, 0.2) is 0 Å². The Morgan fingerprint density at radius 2 is 2.15 bits per heavy atom. The van der Waals surface area contributed by atoms with Gasteiger partial charge in [0, 0.05) is 35.5 Å². The summed E-state index contributed by atoms with van der Waals surface area (Å²) in [5, 5.41) is 0. The second kappa shape index (κ2) is 8.39. The van der Waals surface area contributed by atoms with E-state index in [9.17, 15) is 4.21 Å². The average molecular weight is 297 g/mol. The molecular weight excluding hydrogens is 274 g/mol. The van der Waals surface area contributed by atoms with Crippen LogP contribution in [0.25, 0.3) is 0 Å². The standard InChI is InChI=1S/C15H23NO3S/c16-11-13-4-6-14(7-5-13)18-9-2-10-20(17)12-15-3-1-8-19-15/h4-7,15H,1-3,8-12,16H2. The molecule has 1 aliphatic heterocycles. The van der Waals surface area contributed by atoms with Crippen molar-refractivity contribution in [3.63, 3.8) is 0 Å². The Morgan fingerprint density at radius 3 is 2.80 bits per heavy atom. The van der Waals surface area contributed by atoms with Gasteiger partial charge in [-0.1, -0.05) is 12.1 Å². The molecule has 0 aromatic heterocycles. The number of rotatable bonds is 8. The molecule has 2 atom stereocenters. The van der Waals surface area contributed by atoms with Crippen LogP contribution < -0.4 is 10.5 Å². The Bertz CT molecular complexity index is 416.